The SMILES string of the molecule is CN(C)S(=O)(=O)c1ccc(C(=O)N(CCc2cccs2)C2CC2)cc1. The zero-order valence-corrected chi connectivity index (χ0v) is 16.0. The van der Waals surface area contributed by atoms with Crippen molar-refractivity contribution in [3.63, 3.8) is 0 Å². The van der Waals surface area contributed by atoms with Crippen molar-refractivity contribution in [1.82, 2.24) is 9.21 Å². The fourth-order valence-corrected chi connectivity index (χ4v) is 4.27. The maximum Gasteiger partial charge on any atom is 0.254 e. The number of carbonyl (C=O) groups is 1. The standard InChI is InChI=1S/C18H22N2O3S2/c1-19(2)25(22,23)17-9-5-14(6-10-17)18(21)20(15-7-8-15)12-11-16-4-3-13-24-16/h3-6,9-10,13,15H,7-8,11-12H2,1-2H3. The van der Waals surface area contributed by atoms with Gasteiger partial charge in [-0.15, -0.1) is 11.3 Å². The average molecular weight is 379 g/mol. The van der Waals surface area contributed by atoms with Crippen molar-refractivity contribution < 1.29 is 13.2 Å². The van der Waals surface area contributed by atoms with Crippen LogP contribution in [0.25, 0.3) is 0 Å². The van der Waals surface area contributed by atoms with Gasteiger partial charge in [0.05, 0.1) is 4.90 Å². The minimum Gasteiger partial charge on any atom is -0.335 e. The Morgan fingerprint density at radius 2 is 1.84 bits per heavy atom. The van der Waals surface area contributed by atoms with Gasteiger partial charge in [0.15, 0.2) is 0 Å². The highest BCUT2D eigenvalue weighted by atomic mass is 32.2. The van der Waals surface area contributed by atoms with E-state index in [2.05, 4.69) is 6.07 Å². The molecular weight excluding hydrogens is 356 g/mol. The highest BCUT2D eigenvalue weighted by molar-refractivity contribution is 7.89. The lowest BCUT2D eigenvalue weighted by atomic mass is 10.2. The lowest BCUT2D eigenvalue weighted by molar-refractivity contribution is 0.0745. The Kier molecular flexibility index (Phi) is 5.27. The third-order valence-electron chi connectivity index (χ3n) is 4.31. The Morgan fingerprint density at radius 3 is 2.36 bits per heavy atom. The van der Waals surface area contributed by atoms with Crippen LogP contribution in [-0.2, 0) is 16.4 Å². The normalized spacial score (nSPS) is 14.7. The summed E-state index contributed by atoms with van der Waals surface area (Å²) in [4.78, 5) is 16.2. The third kappa shape index (κ3) is 4.11. The Hall–Kier alpha value is -1.70. The number of amides is 1. The maximum atomic E-state index is 12.9. The van der Waals surface area contributed by atoms with Crippen LogP contribution in [0.5, 0.6) is 0 Å². The molecule has 0 atom stereocenters. The van der Waals surface area contributed by atoms with Crippen LogP contribution in [0.1, 0.15) is 28.1 Å². The number of rotatable bonds is 7. The van der Waals surface area contributed by atoms with Gasteiger partial charge < -0.3 is 4.90 Å². The van der Waals surface area contributed by atoms with E-state index in [4.69, 9.17) is 0 Å². The molecule has 134 valence electrons. The summed E-state index contributed by atoms with van der Waals surface area (Å²) < 4.78 is 25.4. The number of carbonyl (C=O) groups excluding carboxylic acids is 1. The molecule has 0 saturated heterocycles. The predicted octanol–water partition coefficient (Wildman–Crippen LogP) is 2.85. The van der Waals surface area contributed by atoms with E-state index >= 15 is 0 Å². The number of nitrogens with zero attached hydrogens (tertiary/aromatic N) is 2. The molecule has 3 rings (SSSR count). The first-order chi connectivity index (χ1) is 11.9. The molecule has 0 spiro atoms. The molecule has 5 nitrogen and oxygen atoms in total. The second-order valence-corrected chi connectivity index (χ2v) is 9.55. The van der Waals surface area contributed by atoms with Gasteiger partial charge in [-0.05, 0) is 55.0 Å². The van der Waals surface area contributed by atoms with E-state index in [0.717, 1.165) is 19.3 Å². The van der Waals surface area contributed by atoms with Crippen molar-refractivity contribution in [2.45, 2.75) is 30.2 Å². The van der Waals surface area contributed by atoms with Gasteiger partial charge in [0.25, 0.3) is 5.91 Å². The van der Waals surface area contributed by atoms with Gasteiger partial charge in [0.2, 0.25) is 10.0 Å². The number of sulfonamides is 1. The van der Waals surface area contributed by atoms with Crippen LogP contribution in [-0.4, -0.2) is 50.2 Å². The quantitative estimate of drug-likeness (QED) is 0.744. The van der Waals surface area contributed by atoms with Crippen molar-refractivity contribution in [1.29, 1.82) is 0 Å². The second-order valence-electron chi connectivity index (χ2n) is 6.37. The minimum atomic E-state index is -3.47. The zero-order valence-electron chi connectivity index (χ0n) is 14.4. The van der Waals surface area contributed by atoms with Crippen LogP contribution < -0.4 is 0 Å². The fraction of sp³-hybridized carbons (Fsp3) is 0.389. The lowest BCUT2D eigenvalue weighted by Crippen LogP contribution is -2.34. The molecule has 25 heavy (non-hydrogen) atoms. The molecule has 0 aliphatic heterocycles. The summed E-state index contributed by atoms with van der Waals surface area (Å²) in [7, 11) is -0.486. The van der Waals surface area contributed by atoms with Crippen molar-refractivity contribution in [3.05, 3.63) is 52.2 Å². The van der Waals surface area contributed by atoms with Gasteiger partial charge in [0, 0.05) is 37.1 Å². The maximum absolute atomic E-state index is 12.9. The molecule has 7 heteroatoms. The summed E-state index contributed by atoms with van der Waals surface area (Å²) >= 11 is 1.70. The molecule has 1 aromatic carbocycles. The van der Waals surface area contributed by atoms with E-state index < -0.39 is 10.0 Å². The molecule has 1 heterocycles. The summed E-state index contributed by atoms with van der Waals surface area (Å²) in [5, 5.41) is 2.04. The smallest absolute Gasteiger partial charge is 0.254 e. The van der Waals surface area contributed by atoms with Gasteiger partial charge in [-0.1, -0.05) is 6.07 Å². The van der Waals surface area contributed by atoms with E-state index in [1.165, 1.54) is 35.4 Å². The molecule has 0 unspecified atom stereocenters. The predicted molar refractivity (Wildman–Crippen MR) is 99.4 cm³/mol. The summed E-state index contributed by atoms with van der Waals surface area (Å²) in [6.07, 6.45) is 2.94. The fourth-order valence-electron chi connectivity index (χ4n) is 2.67. The largest absolute Gasteiger partial charge is 0.335 e. The van der Waals surface area contributed by atoms with Crippen molar-refractivity contribution >= 4 is 27.3 Å². The molecule has 2 aromatic rings. The van der Waals surface area contributed by atoms with E-state index in [0.29, 0.717) is 18.2 Å². The molecule has 1 fully saturated rings. The second kappa shape index (κ2) is 7.27. The molecule has 1 aliphatic carbocycles. The van der Waals surface area contributed by atoms with Gasteiger partial charge in [-0.2, -0.15) is 0 Å². The van der Waals surface area contributed by atoms with Crippen LogP contribution >= 0.6 is 11.3 Å². The lowest BCUT2D eigenvalue weighted by Gasteiger charge is -2.22. The average Bonchev–Trinajstić information content (AvgIpc) is 3.29. The number of thiophene rings is 1. The number of benzene rings is 1. The molecule has 0 N–H and O–H groups in total. The van der Waals surface area contributed by atoms with Crippen LogP contribution in [0.4, 0.5) is 0 Å². The molecule has 1 amide bonds. The van der Waals surface area contributed by atoms with E-state index in [-0.39, 0.29) is 10.8 Å². The molecular formula is C18H22N2O3S2. The van der Waals surface area contributed by atoms with E-state index in [1.807, 2.05) is 16.3 Å². The topological polar surface area (TPSA) is 57.7 Å². The van der Waals surface area contributed by atoms with Gasteiger partial charge in [-0.25, -0.2) is 12.7 Å². The van der Waals surface area contributed by atoms with Gasteiger partial charge >= 0.3 is 0 Å². The summed E-state index contributed by atoms with van der Waals surface area (Å²) in [6.45, 7) is 0.696. The van der Waals surface area contributed by atoms with Gasteiger partial charge in [0.1, 0.15) is 0 Å². The molecule has 0 radical (unpaired) electrons. The molecule has 1 aliphatic rings. The van der Waals surface area contributed by atoms with Crippen LogP contribution in [0.3, 0.4) is 0 Å². The van der Waals surface area contributed by atoms with E-state index in [1.54, 1.807) is 23.5 Å². The number of hydrogen-bond acceptors (Lipinski definition) is 4. The third-order valence-corrected chi connectivity index (χ3v) is 7.07. The summed E-state index contributed by atoms with van der Waals surface area (Å²) in [6, 6.07) is 10.7. The first-order valence-corrected chi connectivity index (χ1v) is 10.6. The first-order valence-electron chi connectivity index (χ1n) is 8.25. The van der Waals surface area contributed by atoms with Gasteiger partial charge in [-0.3, -0.25) is 4.79 Å². The molecule has 1 saturated carbocycles. The molecule has 1 aromatic heterocycles. The van der Waals surface area contributed by atoms with Crippen LogP contribution in [0.15, 0.2) is 46.7 Å². The summed E-state index contributed by atoms with van der Waals surface area (Å²) in [5.74, 6) is -0.0205. The Morgan fingerprint density at radius 1 is 1.16 bits per heavy atom. The van der Waals surface area contributed by atoms with Crippen molar-refractivity contribution in [2.24, 2.45) is 0 Å². The summed E-state index contributed by atoms with van der Waals surface area (Å²) in [5.41, 5.74) is 0.538. The number of hydrogen-bond donors (Lipinski definition) is 0. The Labute approximate surface area is 152 Å². The first kappa shape index (κ1) is 18.1. The van der Waals surface area contributed by atoms with Crippen molar-refractivity contribution in [3.8, 4) is 0 Å². The van der Waals surface area contributed by atoms with Crippen LogP contribution in [0, 0.1) is 0 Å². The van der Waals surface area contributed by atoms with Crippen LogP contribution in [0.2, 0.25) is 0 Å². The monoisotopic (exact) mass is 378 g/mol. The van der Waals surface area contributed by atoms with E-state index in [9.17, 15) is 13.2 Å². The Balaban J connectivity index is 1.74. The highest BCUT2D eigenvalue weighted by Crippen LogP contribution is 2.29. The van der Waals surface area contributed by atoms with Crippen molar-refractivity contribution in [2.75, 3.05) is 20.6 Å². The Bertz CT molecular complexity index is 824. The molecule has 0 bridgehead atoms. The minimum absolute atomic E-state index is 0.0205. The highest BCUT2D eigenvalue weighted by Gasteiger charge is 2.33. The zero-order chi connectivity index (χ0) is 18.0.